The van der Waals surface area contributed by atoms with Gasteiger partial charge in [-0.1, -0.05) is 50.0 Å². The minimum atomic E-state index is -1.14. The van der Waals surface area contributed by atoms with E-state index in [0.717, 1.165) is 29.5 Å². The summed E-state index contributed by atoms with van der Waals surface area (Å²) in [6.45, 7) is 8.09. The lowest BCUT2D eigenvalue weighted by molar-refractivity contribution is -0.120. The van der Waals surface area contributed by atoms with Gasteiger partial charge < -0.3 is 10.1 Å². The molecule has 2 heterocycles. The highest BCUT2D eigenvalue weighted by molar-refractivity contribution is 6.76. The lowest BCUT2D eigenvalue weighted by Gasteiger charge is -2.15. The second-order valence-corrected chi connectivity index (χ2v) is 15.9. The highest BCUT2D eigenvalue weighted by Gasteiger charge is 2.16. The monoisotopic (exact) mass is 530 g/mol. The van der Waals surface area contributed by atoms with Crippen molar-refractivity contribution in [2.24, 2.45) is 0 Å². The van der Waals surface area contributed by atoms with Gasteiger partial charge in [-0.05, 0) is 35.9 Å². The smallest absolute Gasteiger partial charge is 0.258 e. The highest BCUT2D eigenvalue weighted by Crippen LogP contribution is 2.22. The summed E-state index contributed by atoms with van der Waals surface area (Å²) >= 11 is 0. The molecule has 0 atom stereocenters. The first-order valence-corrected chi connectivity index (χ1v) is 16.3. The zero-order chi connectivity index (χ0) is 27.1. The van der Waals surface area contributed by atoms with E-state index in [0.29, 0.717) is 23.9 Å². The standard InChI is InChI=1S/C28H34N6O3Si/c1-29-26(35)16-24-19-34(25-11-6-5-7-12-25)28(31-24)32-27(36)22-10-8-9-21(15-22)23-17-30-33(18-23)20-37-13-14-38(2,3)4/h5-12,15,17-19H,13-14,16,20H2,1-4H3,(H,29,35)(H,31,32,36). The first-order chi connectivity index (χ1) is 18.2. The number of rotatable bonds is 11. The van der Waals surface area contributed by atoms with Crippen molar-refractivity contribution in [2.45, 2.75) is 38.8 Å². The Labute approximate surface area is 223 Å². The van der Waals surface area contributed by atoms with Crippen LogP contribution in [-0.2, 0) is 22.7 Å². The molecular formula is C28H34N6O3Si. The normalized spacial score (nSPS) is 11.4. The highest BCUT2D eigenvalue weighted by atomic mass is 28.3. The molecule has 0 unspecified atom stereocenters. The van der Waals surface area contributed by atoms with Crippen molar-refractivity contribution >= 4 is 25.8 Å². The van der Waals surface area contributed by atoms with E-state index in [4.69, 9.17) is 4.74 Å². The number of carbonyl (C=O) groups excluding carboxylic acids is 2. The average molecular weight is 531 g/mol. The van der Waals surface area contributed by atoms with Gasteiger partial charge in [-0.3, -0.25) is 19.5 Å². The lowest BCUT2D eigenvalue weighted by atomic mass is 10.1. The molecule has 4 rings (SSSR count). The Morgan fingerprint density at radius 3 is 2.53 bits per heavy atom. The molecule has 10 heteroatoms. The Balaban J connectivity index is 1.49. The molecular weight excluding hydrogens is 496 g/mol. The van der Waals surface area contributed by atoms with Gasteiger partial charge in [-0.15, -0.1) is 0 Å². The molecule has 0 fully saturated rings. The molecule has 2 N–H and O–H groups in total. The molecule has 9 nitrogen and oxygen atoms in total. The number of hydrogen-bond donors (Lipinski definition) is 2. The van der Waals surface area contributed by atoms with Crippen LogP contribution in [0.3, 0.4) is 0 Å². The number of hydrogen-bond acceptors (Lipinski definition) is 5. The lowest BCUT2D eigenvalue weighted by Crippen LogP contribution is -2.22. The number of ether oxygens (including phenoxy) is 1. The van der Waals surface area contributed by atoms with E-state index < -0.39 is 8.07 Å². The summed E-state index contributed by atoms with van der Waals surface area (Å²) in [5.74, 6) is -0.118. The molecule has 2 amide bonds. The van der Waals surface area contributed by atoms with E-state index in [9.17, 15) is 9.59 Å². The van der Waals surface area contributed by atoms with E-state index in [-0.39, 0.29) is 18.2 Å². The van der Waals surface area contributed by atoms with Crippen molar-refractivity contribution in [3.63, 3.8) is 0 Å². The minimum Gasteiger partial charge on any atom is -0.360 e. The van der Waals surface area contributed by atoms with Gasteiger partial charge in [0.2, 0.25) is 11.9 Å². The number of imidazole rings is 1. The number of aromatic nitrogens is 4. The molecule has 0 aliphatic heterocycles. The maximum Gasteiger partial charge on any atom is 0.258 e. The summed E-state index contributed by atoms with van der Waals surface area (Å²) in [6, 6.07) is 18.0. The van der Waals surface area contributed by atoms with Crippen molar-refractivity contribution < 1.29 is 14.3 Å². The van der Waals surface area contributed by atoms with Gasteiger partial charge in [0.05, 0.1) is 18.3 Å². The Kier molecular flexibility index (Phi) is 8.54. The molecule has 38 heavy (non-hydrogen) atoms. The van der Waals surface area contributed by atoms with Crippen molar-refractivity contribution in [1.82, 2.24) is 24.6 Å². The Morgan fingerprint density at radius 2 is 1.79 bits per heavy atom. The van der Waals surface area contributed by atoms with Crippen LogP contribution in [-0.4, -0.2) is 52.9 Å². The minimum absolute atomic E-state index is 0.112. The molecule has 0 aliphatic carbocycles. The third kappa shape index (κ3) is 7.27. The van der Waals surface area contributed by atoms with Crippen LogP contribution in [0.4, 0.5) is 5.95 Å². The number of amides is 2. The van der Waals surface area contributed by atoms with Crippen LogP contribution in [0, 0.1) is 0 Å². The summed E-state index contributed by atoms with van der Waals surface area (Å²) in [7, 11) is 0.445. The van der Waals surface area contributed by atoms with Crippen molar-refractivity contribution in [2.75, 3.05) is 19.0 Å². The fourth-order valence-corrected chi connectivity index (χ4v) is 4.53. The number of para-hydroxylation sites is 1. The summed E-state index contributed by atoms with van der Waals surface area (Å²) < 4.78 is 9.32. The molecule has 2 aromatic carbocycles. The first-order valence-electron chi connectivity index (χ1n) is 12.6. The van der Waals surface area contributed by atoms with Crippen LogP contribution >= 0.6 is 0 Å². The average Bonchev–Trinajstić information content (AvgIpc) is 3.54. The SMILES string of the molecule is CNC(=O)Cc1cn(-c2ccccc2)c(NC(=O)c2cccc(-c3cnn(COCC[Si](C)(C)C)c3)c2)n1. The largest absolute Gasteiger partial charge is 0.360 e. The van der Waals surface area contributed by atoms with Crippen LogP contribution in [0.5, 0.6) is 0 Å². The third-order valence-electron chi connectivity index (χ3n) is 5.95. The molecule has 0 spiro atoms. The number of anilines is 1. The predicted octanol–water partition coefficient (Wildman–Crippen LogP) is 4.59. The number of nitrogens with zero attached hydrogens (tertiary/aromatic N) is 4. The van der Waals surface area contributed by atoms with Crippen LogP contribution in [0.25, 0.3) is 16.8 Å². The van der Waals surface area contributed by atoms with Gasteiger partial charge in [0.1, 0.15) is 6.73 Å². The second-order valence-electron chi connectivity index (χ2n) is 10.3. The van der Waals surface area contributed by atoms with Gasteiger partial charge in [-0.2, -0.15) is 5.10 Å². The zero-order valence-electron chi connectivity index (χ0n) is 22.3. The summed E-state index contributed by atoms with van der Waals surface area (Å²) in [5, 5.41) is 9.92. The fraction of sp³-hybridized carbons (Fsp3) is 0.286. The van der Waals surface area contributed by atoms with Crippen molar-refractivity contribution in [3.05, 3.63) is 84.4 Å². The molecule has 4 aromatic rings. The van der Waals surface area contributed by atoms with Crippen LogP contribution in [0.1, 0.15) is 16.1 Å². The number of benzene rings is 2. The number of carbonyl (C=O) groups is 2. The quantitative estimate of drug-likeness (QED) is 0.218. The molecule has 0 saturated heterocycles. The second kappa shape index (κ2) is 12.0. The summed E-state index contributed by atoms with van der Waals surface area (Å²) in [6.07, 6.45) is 5.56. The van der Waals surface area contributed by atoms with Crippen molar-refractivity contribution in [1.29, 1.82) is 0 Å². The van der Waals surface area contributed by atoms with Gasteiger partial charge in [0, 0.05) is 50.9 Å². The fourth-order valence-electron chi connectivity index (χ4n) is 3.77. The predicted molar refractivity (Wildman–Crippen MR) is 151 cm³/mol. The summed E-state index contributed by atoms with van der Waals surface area (Å²) in [5.41, 5.74) is 3.63. The Morgan fingerprint density at radius 1 is 1.00 bits per heavy atom. The van der Waals surface area contributed by atoms with Gasteiger partial charge in [0.15, 0.2) is 0 Å². The Bertz CT molecular complexity index is 1390. The van der Waals surface area contributed by atoms with E-state index in [1.807, 2.05) is 54.7 Å². The van der Waals surface area contributed by atoms with Gasteiger partial charge in [-0.25, -0.2) is 9.67 Å². The number of nitrogens with one attached hydrogen (secondary N) is 2. The molecule has 0 saturated carbocycles. The summed E-state index contributed by atoms with van der Waals surface area (Å²) in [4.78, 5) is 29.7. The molecule has 0 aliphatic rings. The van der Waals surface area contributed by atoms with Crippen LogP contribution < -0.4 is 10.6 Å². The topological polar surface area (TPSA) is 103 Å². The van der Waals surface area contributed by atoms with Gasteiger partial charge >= 0.3 is 0 Å². The van der Waals surface area contributed by atoms with E-state index in [2.05, 4.69) is 40.4 Å². The maximum atomic E-state index is 13.2. The molecule has 0 bridgehead atoms. The third-order valence-corrected chi connectivity index (χ3v) is 7.65. The van der Waals surface area contributed by atoms with Gasteiger partial charge in [0.25, 0.3) is 5.91 Å². The van der Waals surface area contributed by atoms with Crippen molar-refractivity contribution in [3.8, 4) is 16.8 Å². The molecule has 2 aromatic heterocycles. The molecule has 198 valence electrons. The van der Waals surface area contributed by atoms with Crippen LogP contribution in [0.2, 0.25) is 25.7 Å². The molecule has 0 radical (unpaired) electrons. The Hall–Kier alpha value is -4.02. The van der Waals surface area contributed by atoms with E-state index in [1.54, 1.807) is 34.8 Å². The zero-order valence-corrected chi connectivity index (χ0v) is 23.3. The van der Waals surface area contributed by atoms with E-state index in [1.165, 1.54) is 0 Å². The maximum absolute atomic E-state index is 13.2. The van der Waals surface area contributed by atoms with Crippen LogP contribution in [0.15, 0.2) is 73.2 Å². The van der Waals surface area contributed by atoms with E-state index >= 15 is 0 Å². The number of likely N-dealkylation sites (N-methyl/N-ethyl adjacent to an activating group) is 1. The first kappa shape index (κ1) is 27.0.